The lowest BCUT2D eigenvalue weighted by molar-refractivity contribution is 0.267. The lowest BCUT2D eigenvalue weighted by Crippen LogP contribution is -2.43. The molecule has 2 atom stereocenters. The van der Waals surface area contributed by atoms with Gasteiger partial charge in [-0.3, -0.25) is 4.99 Å². The van der Waals surface area contributed by atoms with E-state index in [1.54, 1.807) is 0 Å². The molecule has 0 saturated carbocycles. The van der Waals surface area contributed by atoms with Crippen LogP contribution < -0.4 is 5.73 Å². The van der Waals surface area contributed by atoms with E-state index in [0.717, 1.165) is 13.1 Å². The van der Waals surface area contributed by atoms with Crippen molar-refractivity contribution in [3.05, 3.63) is 35.9 Å². The van der Waals surface area contributed by atoms with Crippen LogP contribution in [0, 0.1) is 5.92 Å². The first kappa shape index (κ1) is 15.8. The zero-order valence-electron chi connectivity index (χ0n) is 13.5. The molecule has 1 fully saturated rings. The van der Waals surface area contributed by atoms with Gasteiger partial charge in [0.05, 0.1) is 12.6 Å². The van der Waals surface area contributed by atoms with Gasteiger partial charge in [-0.1, -0.05) is 37.3 Å². The quantitative estimate of drug-likeness (QED) is 0.683. The Morgan fingerprint density at radius 1 is 1.38 bits per heavy atom. The second-order valence-electron chi connectivity index (χ2n) is 6.28. The van der Waals surface area contributed by atoms with Crippen LogP contribution in [0.25, 0.3) is 0 Å². The van der Waals surface area contributed by atoms with Crippen molar-refractivity contribution in [1.29, 1.82) is 0 Å². The van der Waals surface area contributed by atoms with E-state index in [9.17, 15) is 0 Å². The summed E-state index contributed by atoms with van der Waals surface area (Å²) in [7, 11) is 4.18. The number of piperidine rings is 1. The van der Waals surface area contributed by atoms with Crippen LogP contribution in [-0.4, -0.2) is 49.5 Å². The molecule has 0 aliphatic carbocycles. The number of hydrogen-bond donors (Lipinski definition) is 1. The molecule has 0 aromatic heterocycles. The maximum Gasteiger partial charge on any atom is 0.191 e. The molecular formula is C17H28N4. The van der Waals surface area contributed by atoms with Gasteiger partial charge in [0.2, 0.25) is 0 Å². The molecule has 1 aliphatic rings. The standard InChI is InChI=1S/C17H28N4/c1-14-8-7-11-21(13-14)17(18)19-12-16(20(2)3)15-9-5-4-6-10-15/h4-6,9-10,14,16H,7-8,11-13H2,1-3H3,(H2,18,19). The predicted molar refractivity (Wildman–Crippen MR) is 89.3 cm³/mol. The van der Waals surface area contributed by atoms with Gasteiger partial charge in [-0.15, -0.1) is 0 Å². The van der Waals surface area contributed by atoms with Gasteiger partial charge in [-0.2, -0.15) is 0 Å². The molecule has 1 aromatic rings. The first-order chi connectivity index (χ1) is 10.1. The number of rotatable bonds is 4. The van der Waals surface area contributed by atoms with Crippen molar-refractivity contribution in [2.45, 2.75) is 25.8 Å². The van der Waals surface area contributed by atoms with Gasteiger partial charge >= 0.3 is 0 Å². The minimum absolute atomic E-state index is 0.270. The van der Waals surface area contributed by atoms with Gasteiger partial charge in [0.25, 0.3) is 0 Å². The summed E-state index contributed by atoms with van der Waals surface area (Å²) in [6, 6.07) is 10.8. The van der Waals surface area contributed by atoms with Crippen LogP contribution in [0.15, 0.2) is 35.3 Å². The van der Waals surface area contributed by atoms with Crippen LogP contribution in [0.2, 0.25) is 0 Å². The fourth-order valence-corrected chi connectivity index (χ4v) is 2.92. The third kappa shape index (κ3) is 4.46. The Labute approximate surface area is 128 Å². The summed E-state index contributed by atoms with van der Waals surface area (Å²) in [5, 5.41) is 0. The number of aliphatic imine (C=N–C) groups is 1. The van der Waals surface area contributed by atoms with E-state index in [4.69, 9.17) is 5.73 Å². The summed E-state index contributed by atoms with van der Waals surface area (Å²) in [5.41, 5.74) is 7.48. The third-order valence-corrected chi connectivity index (χ3v) is 4.21. The summed E-state index contributed by atoms with van der Waals surface area (Å²) < 4.78 is 0. The molecule has 4 heteroatoms. The SMILES string of the molecule is CC1CCCN(C(N)=NCC(c2ccccc2)N(C)C)C1. The Kier molecular flexibility index (Phi) is 5.62. The molecule has 0 spiro atoms. The van der Waals surface area contributed by atoms with Crippen molar-refractivity contribution in [3.8, 4) is 0 Å². The lowest BCUT2D eigenvalue weighted by atomic mass is 10.0. The van der Waals surface area contributed by atoms with E-state index in [1.807, 2.05) is 6.07 Å². The molecular weight excluding hydrogens is 260 g/mol. The summed E-state index contributed by atoms with van der Waals surface area (Å²) in [4.78, 5) is 9.09. The number of likely N-dealkylation sites (tertiary alicyclic amines) is 1. The maximum atomic E-state index is 6.19. The average Bonchev–Trinajstić information content (AvgIpc) is 2.48. The number of benzene rings is 1. The molecule has 0 amide bonds. The minimum Gasteiger partial charge on any atom is -0.370 e. The molecule has 0 radical (unpaired) electrons. The molecule has 2 unspecified atom stereocenters. The van der Waals surface area contributed by atoms with Crippen LogP contribution in [0.4, 0.5) is 0 Å². The monoisotopic (exact) mass is 288 g/mol. The van der Waals surface area contributed by atoms with Crippen molar-refractivity contribution in [3.63, 3.8) is 0 Å². The molecule has 0 bridgehead atoms. The molecule has 21 heavy (non-hydrogen) atoms. The second kappa shape index (κ2) is 7.46. The van der Waals surface area contributed by atoms with E-state index >= 15 is 0 Å². The van der Waals surface area contributed by atoms with Crippen molar-refractivity contribution < 1.29 is 0 Å². The largest absolute Gasteiger partial charge is 0.370 e. The van der Waals surface area contributed by atoms with E-state index < -0.39 is 0 Å². The van der Waals surface area contributed by atoms with Gasteiger partial charge in [0, 0.05) is 13.1 Å². The van der Waals surface area contributed by atoms with Crippen LogP contribution in [-0.2, 0) is 0 Å². The summed E-state index contributed by atoms with van der Waals surface area (Å²) in [6.07, 6.45) is 2.52. The number of nitrogens with two attached hydrogens (primary N) is 1. The van der Waals surface area contributed by atoms with E-state index in [0.29, 0.717) is 18.4 Å². The maximum absolute atomic E-state index is 6.19. The van der Waals surface area contributed by atoms with Crippen LogP contribution in [0.5, 0.6) is 0 Å². The predicted octanol–water partition coefficient (Wildman–Crippen LogP) is 2.34. The summed E-state index contributed by atoms with van der Waals surface area (Å²) in [5.74, 6) is 1.41. The van der Waals surface area contributed by atoms with E-state index in [1.165, 1.54) is 18.4 Å². The Hall–Kier alpha value is -1.55. The number of guanidine groups is 1. The van der Waals surface area contributed by atoms with Gasteiger partial charge in [-0.05, 0) is 38.4 Å². The molecule has 2 N–H and O–H groups in total. The molecule has 116 valence electrons. The normalized spacial score (nSPS) is 21.6. The Morgan fingerprint density at radius 2 is 2.10 bits per heavy atom. The number of nitrogens with zero attached hydrogens (tertiary/aromatic N) is 3. The number of likely N-dealkylation sites (N-methyl/N-ethyl adjacent to an activating group) is 1. The third-order valence-electron chi connectivity index (χ3n) is 4.21. The first-order valence-corrected chi connectivity index (χ1v) is 7.84. The Bertz CT molecular complexity index is 455. The van der Waals surface area contributed by atoms with E-state index in [-0.39, 0.29) is 6.04 Å². The topological polar surface area (TPSA) is 44.9 Å². The smallest absolute Gasteiger partial charge is 0.191 e. The average molecular weight is 288 g/mol. The second-order valence-corrected chi connectivity index (χ2v) is 6.28. The highest BCUT2D eigenvalue weighted by Crippen LogP contribution is 2.19. The van der Waals surface area contributed by atoms with Crippen LogP contribution in [0.1, 0.15) is 31.4 Å². The Morgan fingerprint density at radius 3 is 2.71 bits per heavy atom. The molecule has 4 nitrogen and oxygen atoms in total. The molecule has 1 aromatic carbocycles. The van der Waals surface area contributed by atoms with Crippen LogP contribution >= 0.6 is 0 Å². The molecule has 1 aliphatic heterocycles. The zero-order valence-corrected chi connectivity index (χ0v) is 13.5. The highest BCUT2D eigenvalue weighted by atomic mass is 15.3. The van der Waals surface area contributed by atoms with Gasteiger partial charge in [0.15, 0.2) is 5.96 Å². The fraction of sp³-hybridized carbons (Fsp3) is 0.588. The summed E-state index contributed by atoms with van der Waals surface area (Å²) >= 11 is 0. The minimum atomic E-state index is 0.270. The van der Waals surface area contributed by atoms with Crippen molar-refractivity contribution in [2.24, 2.45) is 16.6 Å². The summed E-state index contributed by atoms with van der Waals surface area (Å²) in [6.45, 7) is 5.06. The van der Waals surface area contributed by atoms with Gasteiger partial charge in [-0.25, -0.2) is 0 Å². The van der Waals surface area contributed by atoms with Crippen LogP contribution in [0.3, 0.4) is 0 Å². The highest BCUT2D eigenvalue weighted by molar-refractivity contribution is 5.78. The van der Waals surface area contributed by atoms with Crippen molar-refractivity contribution >= 4 is 5.96 Å². The first-order valence-electron chi connectivity index (χ1n) is 7.84. The fourth-order valence-electron chi connectivity index (χ4n) is 2.92. The zero-order chi connectivity index (χ0) is 15.2. The van der Waals surface area contributed by atoms with Crippen molar-refractivity contribution in [1.82, 2.24) is 9.80 Å². The van der Waals surface area contributed by atoms with E-state index in [2.05, 4.69) is 60.1 Å². The van der Waals surface area contributed by atoms with Gasteiger partial charge < -0.3 is 15.5 Å². The highest BCUT2D eigenvalue weighted by Gasteiger charge is 2.19. The Balaban J connectivity index is 2.02. The lowest BCUT2D eigenvalue weighted by Gasteiger charge is -2.32. The molecule has 1 saturated heterocycles. The van der Waals surface area contributed by atoms with Gasteiger partial charge in [0.1, 0.15) is 0 Å². The van der Waals surface area contributed by atoms with Crippen molar-refractivity contribution in [2.75, 3.05) is 33.7 Å². The number of hydrogen-bond acceptors (Lipinski definition) is 2. The molecule has 2 rings (SSSR count). The molecule has 1 heterocycles.